The van der Waals surface area contributed by atoms with Gasteiger partial charge in [0.2, 0.25) is 0 Å². The molecule has 0 unspecified atom stereocenters. The molecule has 48 valence electrons. The summed E-state index contributed by atoms with van der Waals surface area (Å²) < 4.78 is 0. The molecule has 7 heteroatoms. The molecule has 0 aromatic rings. The molecule has 0 aromatic heterocycles. The van der Waals surface area contributed by atoms with Crippen LogP contribution in [-0.2, 0) is 32.7 Å². The van der Waals surface area contributed by atoms with Crippen LogP contribution in [0.15, 0.2) is 0 Å². The zero-order chi connectivity index (χ0) is 4.50. The Morgan fingerprint density at radius 3 is 0.857 bits per heavy atom. The predicted molar refractivity (Wildman–Crippen MR) is 14.6 cm³/mol. The van der Waals surface area contributed by atoms with Crippen molar-refractivity contribution in [3.05, 3.63) is 0 Å². The molecule has 0 saturated heterocycles. The van der Waals surface area contributed by atoms with E-state index in [0.29, 0.717) is 0 Å². The molecule has 0 aliphatic rings. The van der Waals surface area contributed by atoms with E-state index < -0.39 is 9.05 Å². The van der Waals surface area contributed by atoms with Crippen molar-refractivity contribution in [2.75, 3.05) is 0 Å². The molecule has 0 heterocycles. The molecule has 0 aromatic carbocycles. The molecule has 0 spiro atoms. The smallest absolute Gasteiger partial charge is 0.368 e. The van der Waals surface area contributed by atoms with E-state index in [9.17, 15) is 0 Å². The first kappa shape index (κ1) is 16.2. The molecule has 0 saturated carbocycles. The molecule has 4 nitrogen and oxygen atoms in total. The van der Waals surface area contributed by atoms with Crippen molar-refractivity contribution in [1.82, 2.24) is 0 Å². The molecule has 0 aliphatic carbocycles. The number of hydrogen-bond acceptors (Lipinski definition) is 4. The molecule has 7 heavy (non-hydrogen) atoms. The fourth-order valence-electron chi connectivity index (χ4n) is 0. The van der Waals surface area contributed by atoms with E-state index in [2.05, 4.69) is 0 Å². The van der Waals surface area contributed by atoms with E-state index in [1.54, 1.807) is 0 Å². The van der Waals surface area contributed by atoms with Crippen molar-refractivity contribution in [2.45, 2.75) is 0 Å². The summed E-state index contributed by atoms with van der Waals surface area (Å²) in [6, 6.07) is 0. The van der Waals surface area contributed by atoms with Crippen molar-refractivity contribution < 1.29 is 88.8 Å². The number of rotatable bonds is 0. The quantitative estimate of drug-likeness (QED) is 0.360. The Balaban J connectivity index is -0.0000000800. The topological polar surface area (TPSA) is 80.9 Å². The van der Waals surface area contributed by atoms with E-state index in [0.717, 1.165) is 0 Å². The second kappa shape index (κ2) is 6.51. The van der Waals surface area contributed by atoms with Gasteiger partial charge in [0.05, 0.1) is 0 Å². The van der Waals surface area contributed by atoms with Crippen molar-refractivity contribution in [2.24, 2.45) is 0 Å². The van der Waals surface area contributed by atoms with Crippen LogP contribution in [0.5, 0.6) is 0 Å². The minimum Gasteiger partial charge on any atom is -0.368 e. The summed E-state index contributed by atoms with van der Waals surface area (Å²) in [4.78, 5) is 29.3. The van der Waals surface area contributed by atoms with Crippen LogP contribution in [-0.4, -0.2) is 28.2 Å². The summed E-state index contributed by atoms with van der Waals surface area (Å²) in [6.07, 6.45) is 0. The molecular formula is H4O4SiTmY. The van der Waals surface area contributed by atoms with Crippen molar-refractivity contribution in [3.63, 3.8) is 0 Å². The van der Waals surface area contributed by atoms with Crippen LogP contribution in [0.2, 0.25) is 0 Å². The van der Waals surface area contributed by atoms with Crippen LogP contribution < -0.4 is 0 Å². The third kappa shape index (κ3) is 59.9. The van der Waals surface area contributed by atoms with Gasteiger partial charge in [-0.2, -0.15) is 0 Å². The Morgan fingerprint density at radius 1 is 0.857 bits per heavy atom. The average Bonchev–Trinajstić information content (AvgIpc) is 0.722. The number of hydrogen-bond donors (Lipinski definition) is 4. The Kier molecular flexibility index (Phi) is 15.1. The maximum atomic E-state index is 7.33. The van der Waals surface area contributed by atoms with Crippen molar-refractivity contribution in [1.29, 1.82) is 0 Å². The molecule has 0 rings (SSSR count). The van der Waals surface area contributed by atoms with E-state index in [-0.39, 0.29) is 69.6 Å². The zero-order valence-corrected chi connectivity index (χ0v) is 8.76. The molecule has 2 radical (unpaired) electrons. The summed E-state index contributed by atoms with van der Waals surface area (Å²) in [5.74, 6) is 0. The minimum absolute atomic E-state index is 0. The molecule has 0 fully saturated rings. The van der Waals surface area contributed by atoms with Crippen LogP contribution in [0, 0.1) is 36.9 Å². The van der Waals surface area contributed by atoms with Gasteiger partial charge in [0, 0.05) is 69.6 Å². The first-order chi connectivity index (χ1) is 2.00. The van der Waals surface area contributed by atoms with Gasteiger partial charge < -0.3 is 19.2 Å². The zero-order valence-electron chi connectivity index (χ0n) is 3.14. The van der Waals surface area contributed by atoms with Gasteiger partial charge in [-0.1, -0.05) is 0 Å². The monoisotopic (exact) mass is 354 g/mol. The Hall–Kier alpha value is 2.39. The van der Waals surface area contributed by atoms with Gasteiger partial charge in [-0.05, 0) is 0 Å². The van der Waals surface area contributed by atoms with Crippen molar-refractivity contribution in [3.8, 4) is 0 Å². The van der Waals surface area contributed by atoms with Gasteiger partial charge in [0.15, 0.2) is 0 Å². The molecule has 0 bridgehead atoms. The fourth-order valence-corrected chi connectivity index (χ4v) is 0. The Bertz CT molecular complexity index is 27.2. The van der Waals surface area contributed by atoms with Crippen molar-refractivity contribution >= 4 is 9.05 Å². The summed E-state index contributed by atoms with van der Waals surface area (Å²) in [5.41, 5.74) is 0. The van der Waals surface area contributed by atoms with Gasteiger partial charge >= 0.3 is 9.05 Å². The predicted octanol–water partition coefficient (Wildman–Crippen LogP) is -2.61. The van der Waals surface area contributed by atoms with Crippen LogP contribution in [0.25, 0.3) is 0 Å². The van der Waals surface area contributed by atoms with Gasteiger partial charge in [0.1, 0.15) is 0 Å². The summed E-state index contributed by atoms with van der Waals surface area (Å²) >= 11 is 0. The molecular weight excluding hydrogens is 350 g/mol. The second-order valence-corrected chi connectivity index (χ2v) is 1.80. The van der Waals surface area contributed by atoms with Crippen LogP contribution in [0.1, 0.15) is 0 Å². The first-order valence-corrected chi connectivity index (χ1v) is 2.68. The molecule has 4 N–H and O–H groups in total. The third-order valence-electron chi connectivity index (χ3n) is 0. The Morgan fingerprint density at radius 2 is 0.857 bits per heavy atom. The van der Waals surface area contributed by atoms with E-state index in [4.69, 9.17) is 19.2 Å². The van der Waals surface area contributed by atoms with Crippen LogP contribution >= 0.6 is 0 Å². The SMILES string of the molecule is O[Si](O)(O)O.[Tm].[Y]. The standard InChI is InChI=1S/H4O4Si.Tm.Y/c1-5(2,3)4;;/h1-4H;;. The van der Waals surface area contributed by atoms with Gasteiger partial charge in [-0.15, -0.1) is 0 Å². The minimum atomic E-state index is -4.61. The fraction of sp³-hybridized carbons (Fsp3) is 0. The largest absolute Gasteiger partial charge is 0.668 e. The molecule has 0 aliphatic heterocycles. The maximum absolute atomic E-state index is 7.33. The first-order valence-electron chi connectivity index (χ1n) is 0.894. The Labute approximate surface area is 96.1 Å². The van der Waals surface area contributed by atoms with Gasteiger partial charge in [-0.3, -0.25) is 0 Å². The maximum Gasteiger partial charge on any atom is 0.668 e. The summed E-state index contributed by atoms with van der Waals surface area (Å²) in [5, 5.41) is 0. The second-order valence-electron chi connectivity index (χ2n) is 0.600. The molecule has 0 amide bonds. The summed E-state index contributed by atoms with van der Waals surface area (Å²) in [7, 11) is -4.61. The molecule has 0 atom stereocenters. The van der Waals surface area contributed by atoms with E-state index in [1.165, 1.54) is 0 Å². The van der Waals surface area contributed by atoms with Gasteiger partial charge in [0.25, 0.3) is 0 Å². The van der Waals surface area contributed by atoms with E-state index in [1.807, 2.05) is 0 Å². The third-order valence-corrected chi connectivity index (χ3v) is 0. The normalized spacial score (nSPS) is 8.57. The average molecular weight is 354 g/mol. The summed E-state index contributed by atoms with van der Waals surface area (Å²) in [6.45, 7) is 0. The van der Waals surface area contributed by atoms with Crippen LogP contribution in [0.3, 0.4) is 0 Å². The van der Waals surface area contributed by atoms with Gasteiger partial charge in [-0.25, -0.2) is 0 Å². The van der Waals surface area contributed by atoms with E-state index >= 15 is 0 Å². The van der Waals surface area contributed by atoms with Crippen LogP contribution in [0.4, 0.5) is 0 Å².